The number of hydrogen-bond acceptors (Lipinski definition) is 5. The number of anilines is 2. The lowest BCUT2D eigenvalue weighted by Crippen LogP contribution is -2.11. The van der Waals surface area contributed by atoms with Gasteiger partial charge in [-0.3, -0.25) is 4.79 Å². The van der Waals surface area contributed by atoms with Crippen LogP contribution >= 0.6 is 34.5 Å². The van der Waals surface area contributed by atoms with Crippen molar-refractivity contribution in [3.05, 3.63) is 33.5 Å². The molecule has 0 aliphatic carbocycles. The maximum atomic E-state index is 11.1. The zero-order chi connectivity index (χ0) is 12.4. The zero-order valence-corrected chi connectivity index (χ0v) is 10.6. The molecule has 0 bridgehead atoms. The lowest BCUT2D eigenvalue weighted by Gasteiger charge is -2.06. The zero-order valence-electron chi connectivity index (χ0n) is 8.28. The van der Waals surface area contributed by atoms with Gasteiger partial charge in [0.15, 0.2) is 5.82 Å². The number of nitrogens with zero attached hydrogens (tertiary/aromatic N) is 2. The summed E-state index contributed by atoms with van der Waals surface area (Å²) in [6.45, 7) is 0. The minimum Gasteiger partial charge on any atom is -0.366 e. The van der Waals surface area contributed by atoms with E-state index in [0.29, 0.717) is 21.4 Å². The van der Waals surface area contributed by atoms with Crippen molar-refractivity contribution in [3.63, 3.8) is 0 Å². The molecule has 0 radical (unpaired) electrons. The summed E-state index contributed by atoms with van der Waals surface area (Å²) in [5.74, 6) is -0.193. The smallest absolute Gasteiger partial charge is 0.251 e. The summed E-state index contributed by atoms with van der Waals surface area (Å²) in [5.41, 5.74) is 5.59. The molecule has 2 aromatic heterocycles. The van der Waals surface area contributed by atoms with Gasteiger partial charge in [-0.05, 0) is 23.0 Å². The molecule has 3 N–H and O–H groups in total. The number of nitrogens with two attached hydrogens (primary N) is 1. The number of nitrogens with one attached hydrogen (secondary N) is 1. The van der Waals surface area contributed by atoms with Crippen LogP contribution in [0.4, 0.5) is 10.8 Å². The Kier molecular flexibility index (Phi) is 3.46. The molecule has 0 spiro atoms. The van der Waals surface area contributed by atoms with Crippen molar-refractivity contribution in [3.8, 4) is 0 Å². The van der Waals surface area contributed by atoms with Gasteiger partial charge in [0.1, 0.15) is 10.0 Å². The van der Waals surface area contributed by atoms with E-state index in [2.05, 4.69) is 15.3 Å². The van der Waals surface area contributed by atoms with Crippen molar-refractivity contribution < 1.29 is 4.79 Å². The second kappa shape index (κ2) is 4.87. The molecule has 0 unspecified atom stereocenters. The molecule has 8 heteroatoms. The normalized spacial score (nSPS) is 10.2. The number of rotatable bonds is 3. The van der Waals surface area contributed by atoms with Crippen molar-refractivity contribution >= 4 is 51.3 Å². The van der Waals surface area contributed by atoms with E-state index < -0.39 is 5.91 Å². The maximum absolute atomic E-state index is 11.1. The van der Waals surface area contributed by atoms with E-state index in [4.69, 9.17) is 28.9 Å². The molecule has 2 heterocycles. The van der Waals surface area contributed by atoms with Crippen LogP contribution in [0, 0.1) is 0 Å². The predicted molar refractivity (Wildman–Crippen MR) is 68.2 cm³/mol. The number of carbonyl (C=O) groups excluding carboxylic acids is 1. The first kappa shape index (κ1) is 12.1. The minimum atomic E-state index is -0.523. The van der Waals surface area contributed by atoms with Crippen molar-refractivity contribution in [1.29, 1.82) is 0 Å². The Morgan fingerprint density at radius 3 is 2.94 bits per heavy atom. The van der Waals surface area contributed by atoms with Crippen LogP contribution in [0.1, 0.15) is 10.4 Å². The maximum Gasteiger partial charge on any atom is 0.251 e. The third-order valence-electron chi connectivity index (χ3n) is 1.88. The first-order chi connectivity index (χ1) is 8.08. The van der Waals surface area contributed by atoms with E-state index in [1.54, 1.807) is 11.4 Å². The molecule has 0 aromatic carbocycles. The van der Waals surface area contributed by atoms with Gasteiger partial charge in [-0.1, -0.05) is 11.6 Å². The lowest BCUT2D eigenvalue weighted by atomic mass is 10.3. The number of amides is 1. The Morgan fingerprint density at radius 2 is 2.24 bits per heavy atom. The van der Waals surface area contributed by atoms with Crippen LogP contribution in [0.5, 0.6) is 0 Å². The van der Waals surface area contributed by atoms with Gasteiger partial charge in [0, 0.05) is 0 Å². The van der Waals surface area contributed by atoms with Crippen LogP contribution in [-0.4, -0.2) is 15.9 Å². The van der Waals surface area contributed by atoms with Gasteiger partial charge in [0.25, 0.3) is 5.91 Å². The third kappa shape index (κ3) is 2.66. The molecule has 17 heavy (non-hydrogen) atoms. The highest BCUT2D eigenvalue weighted by molar-refractivity contribution is 7.14. The molecule has 1 amide bonds. The second-order valence-corrected chi connectivity index (χ2v) is 4.65. The van der Waals surface area contributed by atoms with E-state index in [1.165, 1.54) is 17.5 Å². The average Bonchev–Trinajstić information content (AvgIpc) is 2.71. The monoisotopic (exact) mass is 288 g/mol. The Morgan fingerprint density at radius 1 is 1.47 bits per heavy atom. The Bertz CT molecular complexity index is 572. The summed E-state index contributed by atoms with van der Waals surface area (Å²) in [4.78, 5) is 18.8. The lowest BCUT2D eigenvalue weighted by molar-refractivity contribution is 0.100. The summed E-state index contributed by atoms with van der Waals surface area (Å²) in [6.07, 6.45) is 1.37. The molecule has 0 saturated carbocycles. The number of aromatic nitrogens is 2. The summed E-state index contributed by atoms with van der Waals surface area (Å²) in [5, 5.41) is 5.56. The molecule has 2 rings (SSSR count). The standard InChI is InChI=1S/C9H6Cl2N4OS/c10-5-3-13-9(11)15-7(5)14-8-4(6(12)16)1-2-17-8/h1-3H,(H2,12,16)(H,13,14,15). The third-order valence-corrected chi connectivity index (χ3v) is 3.17. The highest BCUT2D eigenvalue weighted by atomic mass is 35.5. The number of carbonyl (C=O) groups is 1. The van der Waals surface area contributed by atoms with Crippen LogP contribution in [-0.2, 0) is 0 Å². The van der Waals surface area contributed by atoms with Gasteiger partial charge < -0.3 is 11.1 Å². The SMILES string of the molecule is NC(=O)c1ccsc1Nc1nc(Cl)ncc1Cl. The molecule has 0 saturated heterocycles. The van der Waals surface area contributed by atoms with Gasteiger partial charge in [-0.25, -0.2) is 4.98 Å². The van der Waals surface area contributed by atoms with E-state index in [-0.39, 0.29) is 5.28 Å². The second-order valence-electron chi connectivity index (χ2n) is 2.99. The Hall–Kier alpha value is -1.37. The summed E-state index contributed by atoms with van der Waals surface area (Å²) in [7, 11) is 0. The van der Waals surface area contributed by atoms with Crippen molar-refractivity contribution in [2.45, 2.75) is 0 Å². The van der Waals surface area contributed by atoms with Crippen molar-refractivity contribution in [2.24, 2.45) is 5.73 Å². The summed E-state index contributed by atoms with van der Waals surface area (Å²) >= 11 is 12.9. The first-order valence-electron chi connectivity index (χ1n) is 4.40. The van der Waals surface area contributed by atoms with Crippen LogP contribution in [0.2, 0.25) is 10.3 Å². The van der Waals surface area contributed by atoms with Gasteiger partial charge in [-0.15, -0.1) is 11.3 Å². The van der Waals surface area contributed by atoms with Crippen LogP contribution in [0.3, 0.4) is 0 Å². The number of thiophene rings is 1. The molecule has 88 valence electrons. The Balaban J connectivity index is 2.34. The highest BCUT2D eigenvalue weighted by Gasteiger charge is 2.12. The topological polar surface area (TPSA) is 80.9 Å². The molecule has 0 aliphatic rings. The van der Waals surface area contributed by atoms with E-state index in [9.17, 15) is 4.79 Å². The number of hydrogen-bond donors (Lipinski definition) is 2. The van der Waals surface area contributed by atoms with Crippen molar-refractivity contribution in [2.75, 3.05) is 5.32 Å². The fraction of sp³-hybridized carbons (Fsp3) is 0. The largest absolute Gasteiger partial charge is 0.366 e. The first-order valence-corrected chi connectivity index (χ1v) is 6.04. The molecular formula is C9H6Cl2N4OS. The molecule has 0 fully saturated rings. The van der Waals surface area contributed by atoms with Gasteiger partial charge in [0.05, 0.1) is 11.8 Å². The molecular weight excluding hydrogens is 283 g/mol. The fourth-order valence-electron chi connectivity index (χ4n) is 1.14. The van der Waals surface area contributed by atoms with E-state index in [0.717, 1.165) is 0 Å². The molecule has 5 nitrogen and oxygen atoms in total. The molecule has 2 aromatic rings. The van der Waals surface area contributed by atoms with Crippen LogP contribution < -0.4 is 11.1 Å². The number of halogens is 2. The van der Waals surface area contributed by atoms with Gasteiger partial charge in [-0.2, -0.15) is 4.98 Å². The highest BCUT2D eigenvalue weighted by Crippen LogP contribution is 2.29. The van der Waals surface area contributed by atoms with Crippen LogP contribution in [0.15, 0.2) is 17.6 Å². The minimum absolute atomic E-state index is 0.0640. The van der Waals surface area contributed by atoms with Crippen molar-refractivity contribution in [1.82, 2.24) is 9.97 Å². The van der Waals surface area contributed by atoms with E-state index >= 15 is 0 Å². The van der Waals surface area contributed by atoms with Gasteiger partial charge >= 0.3 is 0 Å². The molecule has 0 atom stereocenters. The molecule has 0 aliphatic heterocycles. The summed E-state index contributed by atoms with van der Waals surface area (Å²) < 4.78 is 0. The fourth-order valence-corrected chi connectivity index (χ4v) is 2.20. The van der Waals surface area contributed by atoms with E-state index in [1.807, 2.05) is 0 Å². The summed E-state index contributed by atoms with van der Waals surface area (Å²) in [6, 6.07) is 1.62. The van der Waals surface area contributed by atoms with Gasteiger partial charge in [0.2, 0.25) is 5.28 Å². The predicted octanol–water partition coefficient (Wildman–Crippen LogP) is 2.69. The average molecular weight is 289 g/mol. The Labute approximate surface area is 111 Å². The number of primary amides is 1. The van der Waals surface area contributed by atoms with Crippen LogP contribution in [0.25, 0.3) is 0 Å². The quantitative estimate of drug-likeness (QED) is 0.851.